The number of aryl methyl sites for hydroxylation is 3. The Kier molecular flexibility index (Phi) is 2.26. The number of aromatic nitrogens is 4. The van der Waals surface area contributed by atoms with Gasteiger partial charge in [-0.15, -0.1) is 0 Å². The quantitative estimate of drug-likeness (QED) is 0.579. The highest BCUT2D eigenvalue weighted by Gasteiger charge is 2.33. The number of fused-ring (bicyclic) bond motifs is 5. The zero-order valence-corrected chi connectivity index (χ0v) is 12.1. The van der Waals surface area contributed by atoms with Crippen molar-refractivity contribution in [2.45, 2.75) is 20.0 Å². The predicted octanol–water partition coefficient (Wildman–Crippen LogP) is 1.66. The molecule has 0 fully saturated rings. The van der Waals surface area contributed by atoms with Gasteiger partial charge in [-0.1, -0.05) is 4.52 Å². The molecular weight excluding hydrogens is 304 g/mol. The first kappa shape index (κ1) is 11.1. The molecule has 0 unspecified atom stereocenters. The summed E-state index contributed by atoms with van der Waals surface area (Å²) in [6, 6.07) is 10.5. The molecule has 4 nitrogen and oxygen atoms in total. The topological polar surface area (TPSA) is 25.1 Å². The first-order valence-corrected chi connectivity index (χ1v) is 7.11. The minimum Gasteiger partial charge on any atom is -0.212 e. The average Bonchev–Trinajstić information content (AvgIpc) is 2.83. The largest absolute Gasteiger partial charge is 0.374 e. The molecule has 19 heavy (non-hydrogen) atoms. The van der Waals surface area contributed by atoms with E-state index in [0.717, 1.165) is 34.7 Å². The van der Waals surface area contributed by atoms with Gasteiger partial charge in [-0.25, -0.2) is 4.57 Å². The molecule has 0 spiro atoms. The van der Waals surface area contributed by atoms with Crippen LogP contribution in [0.5, 0.6) is 0 Å². The van der Waals surface area contributed by atoms with E-state index in [-0.39, 0.29) is 0 Å². The van der Waals surface area contributed by atoms with E-state index in [1.807, 2.05) is 4.52 Å². The van der Waals surface area contributed by atoms with Crippen LogP contribution in [0.25, 0.3) is 17.2 Å². The molecule has 0 bridgehead atoms. The molecule has 0 aromatic carbocycles. The zero-order chi connectivity index (χ0) is 13.0. The van der Waals surface area contributed by atoms with Crippen LogP contribution in [0.4, 0.5) is 0 Å². The van der Waals surface area contributed by atoms with Crippen molar-refractivity contribution < 1.29 is 9.13 Å². The summed E-state index contributed by atoms with van der Waals surface area (Å²) < 4.78 is 7.64. The van der Waals surface area contributed by atoms with E-state index < -0.39 is 0 Å². The summed E-state index contributed by atoms with van der Waals surface area (Å²) in [7, 11) is 0. The minimum atomic E-state index is 0.960. The van der Waals surface area contributed by atoms with Gasteiger partial charge in [0, 0.05) is 18.2 Å². The van der Waals surface area contributed by atoms with Crippen molar-refractivity contribution >= 4 is 21.6 Å². The van der Waals surface area contributed by atoms with E-state index in [4.69, 9.17) is 5.10 Å². The molecule has 1 aliphatic rings. The van der Waals surface area contributed by atoms with Gasteiger partial charge in [0.25, 0.3) is 11.3 Å². The number of hydrogen-bond donors (Lipinski definition) is 0. The summed E-state index contributed by atoms with van der Waals surface area (Å²) in [6.45, 7) is 4.03. The highest BCUT2D eigenvalue weighted by atomic mass is 79.9. The summed E-state index contributed by atoms with van der Waals surface area (Å²) >= 11 is 3.57. The predicted molar refractivity (Wildman–Crippen MR) is 73.5 cm³/mol. The fourth-order valence-electron chi connectivity index (χ4n) is 2.69. The number of hydrogen-bond acceptors (Lipinski definition) is 1. The SMILES string of the molecule is Cc1c(Br)ccc2n1nc1[n+]2CC[n+]2ccccc2-1. The highest BCUT2D eigenvalue weighted by Crippen LogP contribution is 2.19. The van der Waals surface area contributed by atoms with Gasteiger partial charge >= 0.3 is 5.82 Å². The standard InChI is InChI=1S/C14H13BrN4/c1-10-11(15)5-6-13-18-9-8-17-7-3-2-4-12(17)14(18)16-19(10)13/h2-7H,8-9H2,1H3/q+2. The van der Waals surface area contributed by atoms with Crippen molar-refractivity contribution in [3.8, 4) is 11.5 Å². The van der Waals surface area contributed by atoms with Crippen molar-refractivity contribution in [3.05, 3.63) is 46.7 Å². The summed E-state index contributed by atoms with van der Waals surface area (Å²) in [6.07, 6.45) is 2.12. The smallest absolute Gasteiger partial charge is 0.212 e. The van der Waals surface area contributed by atoms with Crippen molar-refractivity contribution in [2.24, 2.45) is 0 Å². The van der Waals surface area contributed by atoms with Gasteiger partial charge in [0.05, 0.1) is 9.57 Å². The van der Waals surface area contributed by atoms with Crippen LogP contribution in [0.1, 0.15) is 5.69 Å². The number of nitrogens with zero attached hydrogens (tertiary/aromatic N) is 4. The van der Waals surface area contributed by atoms with Crippen LogP contribution in [-0.4, -0.2) is 9.61 Å². The van der Waals surface area contributed by atoms with Gasteiger partial charge < -0.3 is 0 Å². The number of halogens is 1. The van der Waals surface area contributed by atoms with Crippen LogP contribution in [-0.2, 0) is 13.1 Å². The van der Waals surface area contributed by atoms with Gasteiger partial charge in [-0.3, -0.25) is 0 Å². The van der Waals surface area contributed by atoms with E-state index in [1.165, 1.54) is 5.69 Å². The molecule has 0 saturated heterocycles. The average molecular weight is 317 g/mol. The number of pyridine rings is 2. The Morgan fingerprint density at radius 3 is 3.00 bits per heavy atom. The first-order chi connectivity index (χ1) is 9.25. The molecule has 3 aromatic heterocycles. The van der Waals surface area contributed by atoms with Crippen LogP contribution in [0, 0.1) is 6.92 Å². The molecule has 0 aliphatic carbocycles. The van der Waals surface area contributed by atoms with Gasteiger partial charge in [-0.2, -0.15) is 4.57 Å². The minimum absolute atomic E-state index is 0.960. The van der Waals surface area contributed by atoms with Crippen LogP contribution < -0.4 is 9.13 Å². The molecule has 4 rings (SSSR count). The molecule has 1 aliphatic heterocycles. The Morgan fingerprint density at radius 2 is 2.11 bits per heavy atom. The molecular formula is C14H13BrN4+2. The van der Waals surface area contributed by atoms with E-state index >= 15 is 0 Å². The summed E-state index contributed by atoms with van der Waals surface area (Å²) in [5.41, 5.74) is 3.45. The number of rotatable bonds is 0. The molecule has 94 valence electrons. The maximum absolute atomic E-state index is 4.78. The Balaban J connectivity index is 2.10. The lowest BCUT2D eigenvalue weighted by Crippen LogP contribution is -2.52. The molecule has 4 heterocycles. The van der Waals surface area contributed by atoms with Crippen molar-refractivity contribution in [3.63, 3.8) is 0 Å². The third-order valence-corrected chi connectivity index (χ3v) is 4.56. The lowest BCUT2D eigenvalue weighted by molar-refractivity contribution is -0.784. The summed E-state index contributed by atoms with van der Waals surface area (Å²) in [5, 5.41) is 4.78. The zero-order valence-electron chi connectivity index (χ0n) is 10.5. The Bertz CT molecular complexity index is 807. The Morgan fingerprint density at radius 1 is 1.21 bits per heavy atom. The van der Waals surface area contributed by atoms with Gasteiger partial charge in [-0.05, 0) is 35.0 Å². The van der Waals surface area contributed by atoms with Crippen molar-refractivity contribution in [1.29, 1.82) is 0 Å². The molecule has 0 saturated carbocycles. The lowest BCUT2D eigenvalue weighted by atomic mass is 10.2. The third kappa shape index (κ3) is 1.48. The van der Waals surface area contributed by atoms with E-state index in [9.17, 15) is 0 Å². The molecule has 0 atom stereocenters. The van der Waals surface area contributed by atoms with E-state index in [2.05, 4.69) is 68.5 Å². The Labute approximate surface area is 119 Å². The normalized spacial score (nSPS) is 13.4. The fraction of sp³-hybridized carbons (Fsp3) is 0.214. The summed E-state index contributed by atoms with van der Waals surface area (Å²) in [5.74, 6) is 1.04. The molecule has 0 N–H and O–H groups in total. The van der Waals surface area contributed by atoms with Crippen LogP contribution in [0.15, 0.2) is 41.0 Å². The monoisotopic (exact) mass is 316 g/mol. The fourth-order valence-corrected chi connectivity index (χ4v) is 2.99. The molecule has 0 amide bonds. The second-order valence-electron chi connectivity index (χ2n) is 4.79. The highest BCUT2D eigenvalue weighted by molar-refractivity contribution is 9.10. The third-order valence-electron chi connectivity index (χ3n) is 3.72. The second kappa shape index (κ2) is 3.87. The van der Waals surface area contributed by atoms with E-state index in [1.54, 1.807) is 0 Å². The van der Waals surface area contributed by atoms with Crippen LogP contribution in [0.2, 0.25) is 0 Å². The first-order valence-electron chi connectivity index (χ1n) is 6.32. The maximum atomic E-state index is 4.78. The second-order valence-corrected chi connectivity index (χ2v) is 5.65. The van der Waals surface area contributed by atoms with Crippen LogP contribution >= 0.6 is 15.9 Å². The van der Waals surface area contributed by atoms with Crippen molar-refractivity contribution in [1.82, 2.24) is 9.61 Å². The van der Waals surface area contributed by atoms with Crippen molar-refractivity contribution in [2.75, 3.05) is 0 Å². The van der Waals surface area contributed by atoms with E-state index in [0.29, 0.717) is 0 Å². The van der Waals surface area contributed by atoms with Crippen LogP contribution in [0.3, 0.4) is 0 Å². The van der Waals surface area contributed by atoms with Gasteiger partial charge in [0.2, 0.25) is 0 Å². The molecule has 0 radical (unpaired) electrons. The molecule has 3 aromatic rings. The van der Waals surface area contributed by atoms with Gasteiger partial charge in [0.15, 0.2) is 12.7 Å². The maximum Gasteiger partial charge on any atom is 0.374 e. The molecule has 5 heteroatoms. The Hall–Kier alpha value is -1.75. The lowest BCUT2D eigenvalue weighted by Gasteiger charge is -2.06. The summed E-state index contributed by atoms with van der Waals surface area (Å²) in [4.78, 5) is 0. The van der Waals surface area contributed by atoms with Gasteiger partial charge in [0.1, 0.15) is 12.2 Å².